The molecule has 7 nitrogen and oxygen atoms in total. The minimum Gasteiger partial charge on any atom is -0.386 e. The normalized spacial score (nSPS) is 10.7. The summed E-state index contributed by atoms with van der Waals surface area (Å²) in [5.74, 6) is -0.217. The minimum absolute atomic E-state index is 0.217. The summed E-state index contributed by atoms with van der Waals surface area (Å²) in [5.41, 5.74) is 4.25. The lowest BCUT2D eigenvalue weighted by atomic mass is 10.2. The van der Waals surface area contributed by atoms with Gasteiger partial charge in [-0.3, -0.25) is 14.8 Å². The Morgan fingerprint density at radius 1 is 1.08 bits per heavy atom. The molecule has 0 saturated heterocycles. The number of amides is 1. The molecule has 0 radical (unpaired) electrons. The number of aromatic nitrogens is 4. The second-order valence-corrected chi connectivity index (χ2v) is 5.66. The molecule has 0 fully saturated rings. The van der Waals surface area contributed by atoms with Crippen LogP contribution in [0.25, 0.3) is 16.7 Å². The van der Waals surface area contributed by atoms with Gasteiger partial charge >= 0.3 is 0 Å². The maximum atomic E-state index is 12.7. The largest absolute Gasteiger partial charge is 0.386 e. The zero-order valence-electron chi connectivity index (χ0n) is 14.0. The average molecular weight is 344 g/mol. The van der Waals surface area contributed by atoms with Crippen molar-refractivity contribution in [2.24, 2.45) is 0 Å². The Morgan fingerprint density at radius 2 is 2.00 bits per heavy atom. The molecule has 0 aliphatic heterocycles. The molecule has 3 heterocycles. The number of anilines is 2. The number of pyridine rings is 2. The third kappa shape index (κ3) is 2.98. The van der Waals surface area contributed by atoms with E-state index in [2.05, 4.69) is 25.7 Å². The molecule has 0 atom stereocenters. The van der Waals surface area contributed by atoms with Gasteiger partial charge in [0.1, 0.15) is 5.52 Å². The summed E-state index contributed by atoms with van der Waals surface area (Å²) >= 11 is 0. The molecular formula is C19H16N6O. The maximum absolute atomic E-state index is 12.7. The molecule has 26 heavy (non-hydrogen) atoms. The SMILES string of the molecule is CNc1cnn(-c2cccc(C(=O)Nc3ccnc4cccnc34)c2)c1. The highest BCUT2D eigenvalue weighted by molar-refractivity contribution is 6.08. The summed E-state index contributed by atoms with van der Waals surface area (Å²) < 4.78 is 1.71. The van der Waals surface area contributed by atoms with Crippen LogP contribution in [0.5, 0.6) is 0 Å². The van der Waals surface area contributed by atoms with Gasteiger partial charge < -0.3 is 10.6 Å². The summed E-state index contributed by atoms with van der Waals surface area (Å²) in [4.78, 5) is 21.3. The number of fused-ring (bicyclic) bond motifs is 1. The minimum atomic E-state index is -0.217. The van der Waals surface area contributed by atoms with Crippen LogP contribution in [-0.2, 0) is 0 Å². The van der Waals surface area contributed by atoms with Crippen molar-refractivity contribution in [2.45, 2.75) is 0 Å². The van der Waals surface area contributed by atoms with Crippen molar-refractivity contribution in [3.63, 3.8) is 0 Å². The Morgan fingerprint density at radius 3 is 2.85 bits per heavy atom. The summed E-state index contributed by atoms with van der Waals surface area (Å²) in [6.07, 6.45) is 6.91. The quantitative estimate of drug-likeness (QED) is 0.594. The molecule has 4 aromatic rings. The summed E-state index contributed by atoms with van der Waals surface area (Å²) in [7, 11) is 1.83. The number of carbonyl (C=O) groups is 1. The molecule has 2 N–H and O–H groups in total. The molecule has 7 heteroatoms. The highest BCUT2D eigenvalue weighted by Gasteiger charge is 2.11. The predicted octanol–water partition coefficient (Wildman–Crippen LogP) is 3.11. The van der Waals surface area contributed by atoms with Gasteiger partial charge in [-0.1, -0.05) is 6.07 Å². The van der Waals surface area contributed by atoms with E-state index in [1.165, 1.54) is 0 Å². The number of hydrogen-bond acceptors (Lipinski definition) is 5. The predicted molar refractivity (Wildman–Crippen MR) is 101 cm³/mol. The van der Waals surface area contributed by atoms with Crippen LogP contribution in [0.4, 0.5) is 11.4 Å². The molecule has 3 aromatic heterocycles. The number of rotatable bonds is 4. The summed E-state index contributed by atoms with van der Waals surface area (Å²) in [5, 5.41) is 10.2. The van der Waals surface area contributed by atoms with Crippen molar-refractivity contribution in [1.29, 1.82) is 0 Å². The third-order valence-corrected chi connectivity index (χ3v) is 3.99. The van der Waals surface area contributed by atoms with Crippen LogP contribution in [-0.4, -0.2) is 32.7 Å². The fraction of sp³-hybridized carbons (Fsp3) is 0.0526. The van der Waals surface area contributed by atoms with Gasteiger partial charge in [-0.05, 0) is 36.4 Å². The average Bonchev–Trinajstić information content (AvgIpc) is 3.18. The molecule has 0 aliphatic carbocycles. The lowest BCUT2D eigenvalue weighted by Gasteiger charge is -2.09. The van der Waals surface area contributed by atoms with Crippen LogP contribution in [0.15, 0.2) is 67.3 Å². The third-order valence-electron chi connectivity index (χ3n) is 3.99. The number of nitrogens with zero attached hydrogens (tertiary/aromatic N) is 4. The van der Waals surface area contributed by atoms with Gasteiger partial charge in [-0.2, -0.15) is 5.10 Å². The maximum Gasteiger partial charge on any atom is 0.255 e. The number of hydrogen-bond donors (Lipinski definition) is 2. The second-order valence-electron chi connectivity index (χ2n) is 5.66. The van der Waals surface area contributed by atoms with Gasteiger partial charge in [0.05, 0.1) is 35.0 Å². The molecule has 1 aromatic carbocycles. The smallest absolute Gasteiger partial charge is 0.255 e. The first-order chi connectivity index (χ1) is 12.7. The number of benzene rings is 1. The van der Waals surface area contributed by atoms with Crippen molar-refractivity contribution >= 4 is 28.3 Å². The van der Waals surface area contributed by atoms with Crippen LogP contribution in [0.1, 0.15) is 10.4 Å². The van der Waals surface area contributed by atoms with Crippen LogP contribution >= 0.6 is 0 Å². The van der Waals surface area contributed by atoms with Gasteiger partial charge in [-0.15, -0.1) is 0 Å². The van der Waals surface area contributed by atoms with E-state index in [1.807, 2.05) is 37.5 Å². The van der Waals surface area contributed by atoms with Gasteiger partial charge in [0.25, 0.3) is 5.91 Å². The van der Waals surface area contributed by atoms with Gasteiger partial charge in [-0.25, -0.2) is 4.68 Å². The zero-order chi connectivity index (χ0) is 17.9. The molecule has 0 saturated carbocycles. The fourth-order valence-corrected chi connectivity index (χ4v) is 2.66. The monoisotopic (exact) mass is 344 g/mol. The summed E-state index contributed by atoms with van der Waals surface area (Å²) in [6.45, 7) is 0. The molecule has 0 aliphatic rings. The van der Waals surface area contributed by atoms with E-state index in [9.17, 15) is 4.79 Å². The first kappa shape index (κ1) is 15.8. The van der Waals surface area contributed by atoms with E-state index in [-0.39, 0.29) is 5.91 Å². The lowest BCUT2D eigenvalue weighted by molar-refractivity contribution is 0.102. The van der Waals surface area contributed by atoms with Gasteiger partial charge in [0, 0.05) is 25.0 Å². The molecule has 1 amide bonds. The van der Waals surface area contributed by atoms with Crippen LogP contribution in [0.2, 0.25) is 0 Å². The van der Waals surface area contributed by atoms with E-state index in [1.54, 1.807) is 41.5 Å². The van der Waals surface area contributed by atoms with E-state index in [0.717, 1.165) is 16.9 Å². The van der Waals surface area contributed by atoms with E-state index < -0.39 is 0 Å². The van der Waals surface area contributed by atoms with Crippen molar-refractivity contribution in [3.05, 3.63) is 72.8 Å². The van der Waals surface area contributed by atoms with E-state index >= 15 is 0 Å². The number of nitrogens with one attached hydrogen (secondary N) is 2. The molecule has 4 rings (SSSR count). The topological polar surface area (TPSA) is 84.7 Å². The van der Waals surface area contributed by atoms with Crippen molar-refractivity contribution in [2.75, 3.05) is 17.7 Å². The standard InChI is InChI=1S/C19H16N6O/c1-20-14-11-23-25(12-14)15-5-2-4-13(10-15)19(26)24-17-7-9-21-16-6-3-8-22-18(16)17/h2-12,20H,1H3,(H,21,24,26). The highest BCUT2D eigenvalue weighted by atomic mass is 16.1. The van der Waals surface area contributed by atoms with E-state index in [0.29, 0.717) is 16.8 Å². The van der Waals surface area contributed by atoms with E-state index in [4.69, 9.17) is 0 Å². The molecule has 0 unspecified atom stereocenters. The van der Waals surface area contributed by atoms with Crippen molar-refractivity contribution in [3.8, 4) is 5.69 Å². The van der Waals surface area contributed by atoms with Gasteiger partial charge in [0.2, 0.25) is 0 Å². The highest BCUT2D eigenvalue weighted by Crippen LogP contribution is 2.20. The second kappa shape index (κ2) is 6.64. The Kier molecular flexibility index (Phi) is 4.03. The van der Waals surface area contributed by atoms with Crippen LogP contribution < -0.4 is 10.6 Å². The Balaban J connectivity index is 1.63. The Labute approximate surface area is 149 Å². The first-order valence-electron chi connectivity index (χ1n) is 8.08. The molecule has 0 spiro atoms. The Bertz CT molecular complexity index is 1080. The fourth-order valence-electron chi connectivity index (χ4n) is 2.66. The lowest BCUT2D eigenvalue weighted by Crippen LogP contribution is -2.13. The van der Waals surface area contributed by atoms with Crippen LogP contribution in [0, 0.1) is 0 Å². The summed E-state index contributed by atoms with van der Waals surface area (Å²) in [6, 6.07) is 12.7. The zero-order valence-corrected chi connectivity index (χ0v) is 14.0. The molecular weight excluding hydrogens is 328 g/mol. The molecule has 128 valence electrons. The van der Waals surface area contributed by atoms with Crippen molar-refractivity contribution < 1.29 is 4.79 Å². The first-order valence-corrected chi connectivity index (χ1v) is 8.08. The number of carbonyl (C=O) groups excluding carboxylic acids is 1. The van der Waals surface area contributed by atoms with Crippen LogP contribution in [0.3, 0.4) is 0 Å². The van der Waals surface area contributed by atoms with Crippen molar-refractivity contribution in [1.82, 2.24) is 19.7 Å². The molecule has 0 bridgehead atoms. The Hall–Kier alpha value is -3.74. The van der Waals surface area contributed by atoms with Gasteiger partial charge in [0.15, 0.2) is 0 Å².